The molecule has 0 aliphatic rings. The number of nitrogens with zero attached hydrogens (tertiary/aromatic N) is 2. The molecular formula is C22H17FN4OS. The lowest BCUT2D eigenvalue weighted by molar-refractivity contribution is 0.102. The normalized spacial score (nSPS) is 10.5. The smallest absolute Gasteiger partial charge is 0.257 e. The van der Waals surface area contributed by atoms with E-state index in [1.807, 2.05) is 29.6 Å². The molecule has 5 nitrogen and oxygen atoms in total. The number of hydrogen-bond acceptors (Lipinski definition) is 5. The Morgan fingerprint density at radius 2 is 1.83 bits per heavy atom. The number of hydrogen-bond donors (Lipinski definition) is 2. The molecule has 144 valence electrons. The van der Waals surface area contributed by atoms with Gasteiger partial charge in [0.1, 0.15) is 5.82 Å². The lowest BCUT2D eigenvalue weighted by Gasteiger charge is -2.07. The van der Waals surface area contributed by atoms with Crippen LogP contribution in [0, 0.1) is 5.82 Å². The number of carbonyl (C=O) groups is 1. The van der Waals surface area contributed by atoms with Gasteiger partial charge in [0.25, 0.3) is 5.91 Å². The lowest BCUT2D eigenvalue weighted by Crippen LogP contribution is -2.12. The van der Waals surface area contributed by atoms with E-state index >= 15 is 0 Å². The average Bonchev–Trinajstić information content (AvgIpc) is 3.23. The van der Waals surface area contributed by atoms with Crippen LogP contribution >= 0.6 is 11.3 Å². The molecule has 0 fully saturated rings. The van der Waals surface area contributed by atoms with E-state index in [1.54, 1.807) is 30.5 Å². The first kappa shape index (κ1) is 18.8. The molecular weight excluding hydrogens is 387 g/mol. The fraction of sp³-hybridized carbons (Fsp3) is 0.0455. The van der Waals surface area contributed by atoms with Crippen LogP contribution in [0.2, 0.25) is 0 Å². The van der Waals surface area contributed by atoms with Crippen LogP contribution < -0.4 is 10.6 Å². The van der Waals surface area contributed by atoms with E-state index in [2.05, 4.69) is 20.6 Å². The molecule has 4 aromatic rings. The number of thiazole rings is 1. The Kier molecular flexibility index (Phi) is 5.58. The lowest BCUT2D eigenvalue weighted by atomic mass is 10.2. The van der Waals surface area contributed by atoms with E-state index in [4.69, 9.17) is 0 Å². The van der Waals surface area contributed by atoms with E-state index in [1.165, 1.54) is 29.7 Å². The Labute approximate surface area is 171 Å². The molecule has 4 rings (SSSR count). The van der Waals surface area contributed by atoms with Crippen molar-refractivity contribution in [3.8, 4) is 11.3 Å². The average molecular weight is 404 g/mol. The summed E-state index contributed by atoms with van der Waals surface area (Å²) < 4.78 is 13.0. The van der Waals surface area contributed by atoms with Crippen LogP contribution in [0.25, 0.3) is 11.3 Å². The summed E-state index contributed by atoms with van der Waals surface area (Å²) in [5, 5.41) is 8.86. The number of nitrogens with one attached hydrogen (secondary N) is 2. The fourth-order valence-corrected chi connectivity index (χ4v) is 3.41. The Morgan fingerprint density at radius 3 is 2.55 bits per heavy atom. The first-order valence-corrected chi connectivity index (χ1v) is 9.81. The fourth-order valence-electron chi connectivity index (χ4n) is 2.69. The van der Waals surface area contributed by atoms with Crippen LogP contribution in [0.1, 0.15) is 15.9 Å². The minimum absolute atomic E-state index is 0.194. The van der Waals surface area contributed by atoms with Crippen LogP contribution in [0.4, 0.5) is 15.2 Å². The van der Waals surface area contributed by atoms with Gasteiger partial charge in [-0.25, -0.2) is 9.37 Å². The second-order valence-electron chi connectivity index (χ2n) is 6.29. The number of pyridine rings is 1. The van der Waals surface area contributed by atoms with Gasteiger partial charge in [-0.05, 0) is 54.1 Å². The number of anilines is 2. The maximum absolute atomic E-state index is 13.0. The third-order valence-corrected chi connectivity index (χ3v) is 5.02. The summed E-state index contributed by atoms with van der Waals surface area (Å²) in [6.07, 6.45) is 3.16. The highest BCUT2D eigenvalue weighted by atomic mass is 32.1. The van der Waals surface area contributed by atoms with Crippen molar-refractivity contribution in [2.75, 3.05) is 10.6 Å². The Balaban J connectivity index is 1.34. The maximum Gasteiger partial charge on any atom is 0.257 e. The van der Waals surface area contributed by atoms with Crippen LogP contribution in [0.5, 0.6) is 0 Å². The molecule has 0 saturated carbocycles. The molecule has 2 aromatic carbocycles. The van der Waals surface area contributed by atoms with Crippen molar-refractivity contribution >= 4 is 28.1 Å². The predicted molar refractivity (Wildman–Crippen MR) is 113 cm³/mol. The summed E-state index contributed by atoms with van der Waals surface area (Å²) in [4.78, 5) is 20.6. The van der Waals surface area contributed by atoms with Crippen LogP contribution in [-0.4, -0.2) is 15.9 Å². The van der Waals surface area contributed by atoms with Gasteiger partial charge >= 0.3 is 0 Å². The number of aromatic nitrogens is 2. The molecule has 2 heterocycles. The molecule has 0 bridgehead atoms. The highest BCUT2D eigenvalue weighted by Gasteiger charge is 2.07. The summed E-state index contributed by atoms with van der Waals surface area (Å²) in [6, 6.07) is 17.3. The monoisotopic (exact) mass is 404 g/mol. The van der Waals surface area contributed by atoms with Crippen molar-refractivity contribution in [1.29, 1.82) is 0 Å². The van der Waals surface area contributed by atoms with Gasteiger partial charge in [-0.3, -0.25) is 9.78 Å². The summed E-state index contributed by atoms with van der Waals surface area (Å²) in [6.45, 7) is 0.604. The third-order valence-electron chi connectivity index (χ3n) is 4.22. The molecule has 1 amide bonds. The van der Waals surface area contributed by atoms with Crippen LogP contribution in [0.15, 0.2) is 78.4 Å². The van der Waals surface area contributed by atoms with Crippen molar-refractivity contribution in [2.45, 2.75) is 6.54 Å². The van der Waals surface area contributed by atoms with E-state index in [-0.39, 0.29) is 11.7 Å². The van der Waals surface area contributed by atoms with Gasteiger partial charge in [-0.1, -0.05) is 12.1 Å². The number of amides is 1. The number of benzene rings is 2. The second-order valence-corrected chi connectivity index (χ2v) is 7.15. The summed E-state index contributed by atoms with van der Waals surface area (Å²) in [5.41, 5.74) is 3.98. The molecule has 2 aromatic heterocycles. The van der Waals surface area contributed by atoms with Crippen molar-refractivity contribution in [2.24, 2.45) is 0 Å². The molecule has 0 saturated heterocycles. The maximum atomic E-state index is 13.0. The summed E-state index contributed by atoms with van der Waals surface area (Å²) in [7, 11) is 0. The van der Waals surface area contributed by atoms with Crippen LogP contribution in [0.3, 0.4) is 0 Å². The topological polar surface area (TPSA) is 66.9 Å². The number of halogens is 1. The third kappa shape index (κ3) is 4.83. The van der Waals surface area contributed by atoms with Gasteiger partial charge in [0.2, 0.25) is 0 Å². The van der Waals surface area contributed by atoms with Crippen molar-refractivity contribution < 1.29 is 9.18 Å². The van der Waals surface area contributed by atoms with Crippen molar-refractivity contribution in [3.63, 3.8) is 0 Å². The largest absolute Gasteiger partial charge is 0.357 e. The second kappa shape index (κ2) is 8.62. The standard InChI is InChI=1S/C22H17FN4OS/c23-18-7-5-16(6-8-18)20-14-29-22(27-20)25-12-15-3-9-19(10-4-15)26-21(28)17-2-1-11-24-13-17/h1-11,13-14H,12H2,(H,25,27)(H,26,28). The van der Waals surface area contributed by atoms with E-state index in [0.29, 0.717) is 12.1 Å². The van der Waals surface area contributed by atoms with Crippen molar-refractivity contribution in [1.82, 2.24) is 9.97 Å². The Hall–Kier alpha value is -3.58. The molecule has 0 radical (unpaired) electrons. The molecule has 0 unspecified atom stereocenters. The number of rotatable bonds is 6. The summed E-state index contributed by atoms with van der Waals surface area (Å²) >= 11 is 1.50. The zero-order chi connectivity index (χ0) is 20.1. The van der Waals surface area contributed by atoms with Crippen molar-refractivity contribution in [3.05, 3.63) is 95.4 Å². The minimum atomic E-state index is -0.262. The van der Waals surface area contributed by atoms with Gasteiger partial charge in [0, 0.05) is 35.6 Å². The molecule has 0 spiro atoms. The Bertz CT molecular complexity index is 1100. The molecule has 29 heavy (non-hydrogen) atoms. The van der Waals surface area contributed by atoms with Crippen LogP contribution in [-0.2, 0) is 6.54 Å². The van der Waals surface area contributed by atoms with Gasteiger partial charge in [0.05, 0.1) is 11.3 Å². The molecule has 0 aliphatic heterocycles. The quantitative estimate of drug-likeness (QED) is 0.463. The van der Waals surface area contributed by atoms with E-state index in [9.17, 15) is 9.18 Å². The van der Waals surface area contributed by atoms with Gasteiger partial charge in [-0.15, -0.1) is 11.3 Å². The molecule has 2 N–H and O–H groups in total. The van der Waals surface area contributed by atoms with Gasteiger partial charge in [-0.2, -0.15) is 0 Å². The first-order chi connectivity index (χ1) is 14.2. The Morgan fingerprint density at radius 1 is 1.03 bits per heavy atom. The highest BCUT2D eigenvalue weighted by Crippen LogP contribution is 2.25. The SMILES string of the molecule is O=C(Nc1ccc(CNc2nc(-c3ccc(F)cc3)cs2)cc1)c1cccnc1. The molecule has 7 heteroatoms. The number of carbonyl (C=O) groups excluding carboxylic acids is 1. The van der Waals surface area contributed by atoms with E-state index in [0.717, 1.165) is 27.6 Å². The van der Waals surface area contributed by atoms with Gasteiger partial charge in [0.15, 0.2) is 5.13 Å². The zero-order valence-electron chi connectivity index (χ0n) is 15.3. The zero-order valence-corrected chi connectivity index (χ0v) is 16.1. The minimum Gasteiger partial charge on any atom is -0.357 e. The van der Waals surface area contributed by atoms with E-state index < -0.39 is 0 Å². The highest BCUT2D eigenvalue weighted by molar-refractivity contribution is 7.14. The summed E-state index contributed by atoms with van der Waals surface area (Å²) in [5.74, 6) is -0.456. The molecule has 0 aliphatic carbocycles. The molecule has 0 atom stereocenters. The predicted octanol–water partition coefficient (Wildman–Crippen LogP) is 5.21. The first-order valence-electron chi connectivity index (χ1n) is 8.93. The van der Waals surface area contributed by atoms with Gasteiger partial charge < -0.3 is 10.6 Å².